The van der Waals surface area contributed by atoms with E-state index in [2.05, 4.69) is 15.1 Å². The quantitative estimate of drug-likeness (QED) is 0.0885. The maximum Gasteiger partial charge on any atom is 0.329 e. The molecule has 4 aromatic rings. The Bertz CT molecular complexity index is 2030. The van der Waals surface area contributed by atoms with Crippen LogP contribution in [0.4, 0.5) is 5.82 Å². The van der Waals surface area contributed by atoms with Crippen molar-refractivity contribution in [1.82, 2.24) is 24.3 Å². The molecule has 1 amide bonds. The molecule has 0 saturated carbocycles. The number of carbonyl (C=O) groups is 2. The smallest absolute Gasteiger partial charge is 0.329 e. The third-order valence-corrected chi connectivity index (χ3v) is 10.3. The van der Waals surface area contributed by atoms with E-state index in [1.54, 1.807) is 34.4 Å². The van der Waals surface area contributed by atoms with Gasteiger partial charge < -0.3 is 39.5 Å². The molecule has 3 aliphatic rings. The van der Waals surface area contributed by atoms with E-state index in [-0.39, 0.29) is 41.6 Å². The van der Waals surface area contributed by atoms with Gasteiger partial charge in [-0.1, -0.05) is 24.3 Å². The summed E-state index contributed by atoms with van der Waals surface area (Å²) in [6.45, 7) is 3.87. The van der Waals surface area contributed by atoms with Crippen LogP contribution in [0.3, 0.4) is 0 Å². The van der Waals surface area contributed by atoms with E-state index in [0.29, 0.717) is 50.9 Å². The molecule has 3 fully saturated rings. The van der Waals surface area contributed by atoms with Crippen LogP contribution >= 0.6 is 0 Å². The van der Waals surface area contributed by atoms with Gasteiger partial charge in [-0.3, -0.25) is 18.7 Å². The second-order valence-electron chi connectivity index (χ2n) is 13.8. The van der Waals surface area contributed by atoms with Gasteiger partial charge in [0.2, 0.25) is 11.8 Å². The van der Waals surface area contributed by atoms with Crippen molar-refractivity contribution < 1.29 is 34.0 Å². The zero-order valence-electron chi connectivity index (χ0n) is 29.8. The molecule has 2 bridgehead atoms. The number of aliphatic hydroxyl groups excluding tert-OH is 1. The van der Waals surface area contributed by atoms with Gasteiger partial charge in [-0.15, -0.1) is 0 Å². The minimum absolute atomic E-state index is 0.0121. The molecule has 0 radical (unpaired) electrons. The van der Waals surface area contributed by atoms with Crippen molar-refractivity contribution in [3.63, 3.8) is 0 Å². The summed E-state index contributed by atoms with van der Waals surface area (Å²) in [5.41, 5.74) is 2.69. The molecule has 0 spiro atoms. The summed E-state index contributed by atoms with van der Waals surface area (Å²) in [6, 6.07) is 18.3. The van der Waals surface area contributed by atoms with Crippen molar-refractivity contribution in [2.45, 2.75) is 56.5 Å². The second kappa shape index (κ2) is 16.2. The summed E-state index contributed by atoms with van der Waals surface area (Å²) < 4.78 is 20.5. The van der Waals surface area contributed by atoms with Crippen LogP contribution in [0.5, 0.6) is 11.6 Å². The first kappa shape index (κ1) is 36.2. The summed E-state index contributed by atoms with van der Waals surface area (Å²) in [5.74, 6) is 0.979. The molecule has 0 aliphatic carbocycles. The number of aromatic hydroxyl groups is 1. The van der Waals surface area contributed by atoms with Gasteiger partial charge in [0, 0.05) is 63.6 Å². The Morgan fingerprint density at radius 1 is 0.962 bits per heavy atom. The fourth-order valence-electron chi connectivity index (χ4n) is 7.57. The molecule has 14 heteroatoms. The molecule has 2 aromatic heterocycles. The maximum atomic E-state index is 13.0. The first-order valence-corrected chi connectivity index (χ1v) is 18.2. The predicted octanol–water partition coefficient (Wildman–Crippen LogP) is 2.91. The Morgan fingerprint density at radius 3 is 2.57 bits per heavy atom. The normalized spacial score (nSPS) is 21.2. The van der Waals surface area contributed by atoms with Crippen molar-refractivity contribution in [3.8, 4) is 11.6 Å². The van der Waals surface area contributed by atoms with Crippen LogP contribution in [0.25, 0.3) is 11.0 Å². The largest absolute Gasteiger partial charge is 0.507 e. The second-order valence-corrected chi connectivity index (χ2v) is 13.8. The number of aliphatic hydroxyl groups is 1. The standard InChI is InChI=1S/C39H46N6O8/c1-42-32-22-26(11-12-30(32)45(39(42)50)31-13-14-36(48)41-38(31)49)6-5-17-51-18-19-52-20-21-53-37-10-4-9-35(40-37)44-25-27-23-28(44)24-43(27)16-15-34(47)29-7-2-3-8-33(29)46/h2-4,7-12,15-16,22,27-28,31,38,46,49H,5-6,13-14,17-21,23-25H2,1H3,(H,41,48)/b16-15+/t27-,28-,31?,38?/m1/s1. The number of piperidine rings is 1. The Hall–Kier alpha value is -5.18. The van der Waals surface area contributed by atoms with Gasteiger partial charge in [-0.05, 0) is 61.6 Å². The zero-order valence-corrected chi connectivity index (χ0v) is 29.8. The molecule has 3 aliphatic heterocycles. The highest BCUT2D eigenvalue weighted by atomic mass is 16.5. The number of nitrogens with zero attached hydrogens (tertiary/aromatic N) is 5. The summed E-state index contributed by atoms with van der Waals surface area (Å²) in [7, 11) is 1.72. The number of piperazine rings is 1. The highest BCUT2D eigenvalue weighted by Gasteiger charge is 2.42. The molecule has 5 heterocycles. The number of nitrogens with one attached hydrogen (secondary N) is 1. The lowest BCUT2D eigenvalue weighted by atomic mass is 10.0. The number of amides is 1. The number of benzene rings is 2. The number of imidazole rings is 1. The number of para-hydroxylation sites is 1. The molecule has 14 nitrogen and oxygen atoms in total. The minimum Gasteiger partial charge on any atom is -0.507 e. The summed E-state index contributed by atoms with van der Waals surface area (Å²) in [5, 5.41) is 22.9. The number of allylic oxidation sites excluding steroid dienone is 1. The topological polar surface area (TPSA) is 161 Å². The molecule has 280 valence electrons. The van der Waals surface area contributed by atoms with Crippen LogP contribution in [-0.2, 0) is 27.7 Å². The van der Waals surface area contributed by atoms with Crippen LogP contribution in [0.2, 0.25) is 0 Å². The minimum atomic E-state index is -1.10. The van der Waals surface area contributed by atoms with Crippen LogP contribution in [0.1, 0.15) is 47.6 Å². The molecule has 53 heavy (non-hydrogen) atoms. The first-order chi connectivity index (χ1) is 25.8. The van der Waals surface area contributed by atoms with Crippen LogP contribution in [-0.4, -0.2) is 105 Å². The van der Waals surface area contributed by atoms with E-state index in [0.717, 1.165) is 54.8 Å². The number of hydrogen-bond donors (Lipinski definition) is 3. The fraction of sp³-hybridized carbons (Fsp3) is 0.436. The Labute approximate surface area is 307 Å². The van der Waals surface area contributed by atoms with E-state index >= 15 is 0 Å². The van der Waals surface area contributed by atoms with E-state index in [1.165, 1.54) is 12.1 Å². The number of phenols is 1. The Balaban J connectivity index is 0.779. The van der Waals surface area contributed by atoms with Crippen LogP contribution < -0.4 is 20.6 Å². The van der Waals surface area contributed by atoms with Crippen LogP contribution in [0.15, 0.2) is 77.7 Å². The van der Waals surface area contributed by atoms with E-state index < -0.39 is 12.3 Å². The van der Waals surface area contributed by atoms with Gasteiger partial charge in [-0.25, -0.2) is 4.79 Å². The highest BCUT2D eigenvalue weighted by Crippen LogP contribution is 2.34. The molecule has 3 saturated heterocycles. The predicted molar refractivity (Wildman–Crippen MR) is 197 cm³/mol. The summed E-state index contributed by atoms with van der Waals surface area (Å²) in [6.07, 6.45) is 5.54. The zero-order chi connectivity index (χ0) is 36.9. The molecular formula is C39H46N6O8. The van der Waals surface area contributed by atoms with Crippen molar-refractivity contribution >= 4 is 28.5 Å². The third-order valence-electron chi connectivity index (χ3n) is 10.3. The fourth-order valence-corrected chi connectivity index (χ4v) is 7.57. The van der Waals surface area contributed by atoms with Crippen molar-refractivity contribution in [1.29, 1.82) is 0 Å². The number of likely N-dealkylation sites (tertiary alicyclic amines) is 1. The maximum absolute atomic E-state index is 13.0. The average molecular weight is 727 g/mol. The van der Waals surface area contributed by atoms with E-state index in [4.69, 9.17) is 19.2 Å². The number of aryl methyl sites for hydroxylation is 2. The van der Waals surface area contributed by atoms with Crippen molar-refractivity contribution in [2.24, 2.45) is 7.05 Å². The average Bonchev–Trinajstić information content (AvgIpc) is 3.83. The highest BCUT2D eigenvalue weighted by molar-refractivity contribution is 6.06. The molecule has 2 aromatic carbocycles. The number of carbonyl (C=O) groups excluding carboxylic acids is 2. The molecule has 7 rings (SSSR count). The molecular weight excluding hydrogens is 680 g/mol. The van der Waals surface area contributed by atoms with Crippen molar-refractivity contribution in [2.75, 3.05) is 51.0 Å². The van der Waals surface area contributed by atoms with Gasteiger partial charge >= 0.3 is 5.69 Å². The van der Waals surface area contributed by atoms with Gasteiger partial charge in [0.15, 0.2) is 5.78 Å². The number of pyridine rings is 1. The van der Waals surface area contributed by atoms with Gasteiger partial charge in [0.05, 0.1) is 42.5 Å². The monoisotopic (exact) mass is 726 g/mol. The number of aromatic nitrogens is 3. The van der Waals surface area contributed by atoms with Crippen molar-refractivity contribution in [3.05, 3.63) is 94.6 Å². The van der Waals surface area contributed by atoms with Crippen LogP contribution in [0, 0.1) is 0 Å². The summed E-state index contributed by atoms with van der Waals surface area (Å²) in [4.78, 5) is 46.4. The number of anilines is 1. The molecule has 2 unspecified atom stereocenters. The number of rotatable bonds is 16. The van der Waals surface area contributed by atoms with Gasteiger partial charge in [0.1, 0.15) is 24.4 Å². The first-order valence-electron chi connectivity index (χ1n) is 18.2. The lowest BCUT2D eigenvalue weighted by molar-refractivity contribution is -0.128. The number of ketones is 1. The summed E-state index contributed by atoms with van der Waals surface area (Å²) >= 11 is 0. The SMILES string of the molecule is Cn1c(=O)n(C2CCC(=O)NC2O)c2ccc(CCCOCCOCCOc3cccc(N4C[C@H]5C[C@@H]4CN5/C=C/C(=O)c4ccccc4O)n3)cc21. The van der Waals surface area contributed by atoms with Gasteiger partial charge in [0.25, 0.3) is 0 Å². The number of fused-ring (bicyclic) bond motifs is 3. The Kier molecular flexibility index (Phi) is 11.1. The van der Waals surface area contributed by atoms with E-state index in [9.17, 15) is 24.6 Å². The number of hydrogen-bond acceptors (Lipinski definition) is 11. The lowest BCUT2D eigenvalue weighted by Gasteiger charge is -2.34. The number of phenolic OH excluding ortho intramolecular Hbond substituents is 1. The number of ether oxygens (including phenoxy) is 3. The third kappa shape index (κ3) is 8.09. The van der Waals surface area contributed by atoms with E-state index in [1.807, 2.05) is 42.6 Å². The molecule has 3 N–H and O–H groups in total. The Morgan fingerprint density at radius 2 is 1.77 bits per heavy atom. The van der Waals surface area contributed by atoms with Gasteiger partial charge in [-0.2, -0.15) is 4.98 Å². The molecule has 4 atom stereocenters. The lowest BCUT2D eigenvalue weighted by Crippen LogP contribution is -2.47.